The van der Waals surface area contributed by atoms with Gasteiger partial charge in [0.1, 0.15) is 0 Å². The lowest BCUT2D eigenvalue weighted by molar-refractivity contribution is -0.138. The Bertz CT molecular complexity index is 409. The molecule has 17 heavy (non-hydrogen) atoms. The maximum absolute atomic E-state index is 12.1. The molecule has 1 amide bonds. The van der Waals surface area contributed by atoms with Gasteiger partial charge in [-0.2, -0.15) is 13.2 Å². The highest BCUT2D eigenvalue weighted by atomic mass is 35.5. The molecule has 1 atom stereocenters. The lowest BCUT2D eigenvalue weighted by Crippen LogP contribution is -2.36. The predicted molar refractivity (Wildman–Crippen MR) is 56.8 cm³/mol. The number of aromatic nitrogens is 1. The van der Waals surface area contributed by atoms with Gasteiger partial charge in [-0.15, -0.1) is 0 Å². The summed E-state index contributed by atoms with van der Waals surface area (Å²) in [6.45, 7) is 1.28. The topological polar surface area (TPSA) is 42.0 Å². The third kappa shape index (κ3) is 4.60. The third-order valence-electron chi connectivity index (χ3n) is 1.93. The van der Waals surface area contributed by atoms with Crippen LogP contribution in [-0.2, 0) is 0 Å². The molecule has 0 aliphatic heterocycles. The van der Waals surface area contributed by atoms with Crippen molar-refractivity contribution in [3.63, 3.8) is 0 Å². The van der Waals surface area contributed by atoms with Gasteiger partial charge in [0.15, 0.2) is 0 Å². The molecule has 0 radical (unpaired) electrons. The zero-order chi connectivity index (χ0) is 13.1. The van der Waals surface area contributed by atoms with Crippen molar-refractivity contribution in [3.8, 4) is 0 Å². The standard InChI is InChI=1S/C10H10ClF3N2O/c1-6(4-10(12,13)14)16-9(17)7-2-3-15-5-8(7)11/h2-3,5-6H,4H2,1H3,(H,16,17). The van der Waals surface area contributed by atoms with Gasteiger partial charge in [-0.05, 0) is 13.0 Å². The van der Waals surface area contributed by atoms with Gasteiger partial charge in [-0.3, -0.25) is 9.78 Å². The minimum absolute atomic E-state index is 0.101. The van der Waals surface area contributed by atoms with E-state index in [0.717, 1.165) is 0 Å². The van der Waals surface area contributed by atoms with Crippen LogP contribution in [0.2, 0.25) is 5.02 Å². The highest BCUT2D eigenvalue weighted by molar-refractivity contribution is 6.33. The van der Waals surface area contributed by atoms with Crippen molar-refractivity contribution in [1.82, 2.24) is 10.3 Å². The van der Waals surface area contributed by atoms with Gasteiger partial charge < -0.3 is 5.32 Å². The number of carbonyl (C=O) groups excluding carboxylic acids is 1. The Hall–Kier alpha value is -1.30. The molecule has 1 N–H and O–H groups in total. The number of rotatable bonds is 3. The van der Waals surface area contributed by atoms with Gasteiger partial charge in [0.2, 0.25) is 0 Å². The van der Waals surface area contributed by atoms with Crippen LogP contribution in [0.3, 0.4) is 0 Å². The Morgan fingerprint density at radius 1 is 1.59 bits per heavy atom. The van der Waals surface area contributed by atoms with Crippen molar-refractivity contribution < 1.29 is 18.0 Å². The van der Waals surface area contributed by atoms with Gasteiger partial charge in [0.05, 0.1) is 17.0 Å². The number of amides is 1. The van der Waals surface area contributed by atoms with E-state index >= 15 is 0 Å². The Balaban J connectivity index is 2.64. The van der Waals surface area contributed by atoms with Gasteiger partial charge in [-0.25, -0.2) is 0 Å². The fourth-order valence-corrected chi connectivity index (χ4v) is 1.46. The smallest absolute Gasteiger partial charge is 0.349 e. The van der Waals surface area contributed by atoms with Crippen LogP contribution in [0.5, 0.6) is 0 Å². The summed E-state index contributed by atoms with van der Waals surface area (Å²) in [5.74, 6) is -0.644. The molecule has 0 fully saturated rings. The van der Waals surface area contributed by atoms with Crippen LogP contribution in [0.4, 0.5) is 13.2 Å². The minimum Gasteiger partial charge on any atom is -0.349 e. The van der Waals surface area contributed by atoms with Crippen LogP contribution in [-0.4, -0.2) is 23.1 Å². The summed E-state index contributed by atoms with van der Waals surface area (Å²) in [6, 6.07) is 0.338. The van der Waals surface area contributed by atoms with E-state index in [1.54, 1.807) is 0 Å². The van der Waals surface area contributed by atoms with Crippen LogP contribution < -0.4 is 5.32 Å². The molecule has 0 aliphatic rings. The highest BCUT2D eigenvalue weighted by Gasteiger charge is 2.30. The highest BCUT2D eigenvalue weighted by Crippen LogP contribution is 2.21. The fraction of sp³-hybridized carbons (Fsp3) is 0.400. The Morgan fingerprint density at radius 3 is 2.76 bits per heavy atom. The summed E-state index contributed by atoms with van der Waals surface area (Å²) >= 11 is 5.69. The monoisotopic (exact) mass is 266 g/mol. The minimum atomic E-state index is -4.31. The van der Waals surface area contributed by atoms with Crippen LogP contribution in [0.1, 0.15) is 23.7 Å². The van der Waals surface area contributed by atoms with E-state index in [2.05, 4.69) is 10.3 Å². The normalized spacial score (nSPS) is 13.2. The summed E-state index contributed by atoms with van der Waals surface area (Å²) in [5, 5.41) is 2.32. The Morgan fingerprint density at radius 2 is 2.24 bits per heavy atom. The first-order chi connectivity index (χ1) is 7.79. The van der Waals surface area contributed by atoms with Crippen molar-refractivity contribution >= 4 is 17.5 Å². The molecule has 0 aliphatic carbocycles. The molecule has 1 unspecified atom stereocenters. The molecule has 1 aromatic rings. The second kappa shape index (κ2) is 5.35. The third-order valence-corrected chi connectivity index (χ3v) is 2.23. The first kappa shape index (κ1) is 13.8. The molecular weight excluding hydrogens is 257 g/mol. The molecule has 7 heteroatoms. The Labute approximate surface area is 101 Å². The van der Waals surface area contributed by atoms with Gasteiger partial charge >= 0.3 is 6.18 Å². The number of nitrogens with zero attached hydrogens (tertiary/aromatic N) is 1. The van der Waals surface area contributed by atoms with E-state index in [4.69, 9.17) is 11.6 Å². The summed E-state index contributed by atoms with van der Waals surface area (Å²) < 4.78 is 36.2. The molecule has 1 aromatic heterocycles. The van der Waals surface area contributed by atoms with Gasteiger partial charge in [0.25, 0.3) is 5.91 Å². The van der Waals surface area contributed by atoms with E-state index in [0.29, 0.717) is 0 Å². The number of alkyl halides is 3. The molecule has 1 heterocycles. The van der Waals surface area contributed by atoms with Crippen molar-refractivity contribution in [2.75, 3.05) is 0 Å². The first-order valence-corrected chi connectivity index (χ1v) is 5.14. The van der Waals surface area contributed by atoms with Crippen molar-refractivity contribution in [2.24, 2.45) is 0 Å². The number of hydrogen-bond donors (Lipinski definition) is 1. The lowest BCUT2D eigenvalue weighted by Gasteiger charge is -2.16. The number of hydrogen-bond acceptors (Lipinski definition) is 2. The quantitative estimate of drug-likeness (QED) is 0.914. The molecule has 0 saturated heterocycles. The maximum Gasteiger partial charge on any atom is 0.391 e. The molecule has 94 valence electrons. The first-order valence-electron chi connectivity index (χ1n) is 4.76. The lowest BCUT2D eigenvalue weighted by atomic mass is 10.2. The molecule has 0 saturated carbocycles. The van der Waals surface area contributed by atoms with Crippen LogP contribution in [0.15, 0.2) is 18.5 Å². The number of halogens is 4. The molecule has 0 spiro atoms. The van der Waals surface area contributed by atoms with E-state index in [-0.39, 0.29) is 10.6 Å². The number of carbonyl (C=O) groups is 1. The van der Waals surface area contributed by atoms with Crippen molar-refractivity contribution in [2.45, 2.75) is 25.6 Å². The van der Waals surface area contributed by atoms with Gasteiger partial charge in [-0.1, -0.05) is 11.6 Å². The van der Waals surface area contributed by atoms with E-state index in [9.17, 15) is 18.0 Å². The predicted octanol–water partition coefficient (Wildman–Crippen LogP) is 2.81. The fourth-order valence-electron chi connectivity index (χ4n) is 1.26. The average Bonchev–Trinajstić information content (AvgIpc) is 2.14. The van der Waals surface area contributed by atoms with E-state index in [1.165, 1.54) is 25.4 Å². The van der Waals surface area contributed by atoms with Gasteiger partial charge in [0, 0.05) is 18.4 Å². The van der Waals surface area contributed by atoms with Crippen molar-refractivity contribution in [1.29, 1.82) is 0 Å². The zero-order valence-electron chi connectivity index (χ0n) is 8.88. The molecule has 3 nitrogen and oxygen atoms in total. The number of pyridine rings is 1. The SMILES string of the molecule is CC(CC(F)(F)F)NC(=O)c1ccncc1Cl. The second-order valence-electron chi connectivity index (χ2n) is 3.55. The van der Waals surface area contributed by atoms with Crippen LogP contribution in [0.25, 0.3) is 0 Å². The summed E-state index contributed by atoms with van der Waals surface area (Å²) in [5.41, 5.74) is 0.107. The Kier molecular flexibility index (Phi) is 4.34. The van der Waals surface area contributed by atoms with E-state index < -0.39 is 24.5 Å². The second-order valence-corrected chi connectivity index (χ2v) is 3.96. The summed E-state index contributed by atoms with van der Waals surface area (Å²) in [6.07, 6.45) is -2.80. The largest absolute Gasteiger partial charge is 0.391 e. The zero-order valence-corrected chi connectivity index (χ0v) is 9.64. The maximum atomic E-state index is 12.1. The van der Waals surface area contributed by atoms with Crippen LogP contribution >= 0.6 is 11.6 Å². The van der Waals surface area contributed by atoms with E-state index in [1.807, 2.05) is 0 Å². The molecule has 1 rings (SSSR count). The summed E-state index contributed by atoms with van der Waals surface area (Å²) in [7, 11) is 0. The average molecular weight is 267 g/mol. The molecule has 0 bridgehead atoms. The molecular formula is C10H10ClF3N2O. The number of nitrogens with one attached hydrogen (secondary N) is 1. The van der Waals surface area contributed by atoms with Crippen molar-refractivity contribution in [3.05, 3.63) is 29.0 Å². The molecule has 0 aromatic carbocycles. The van der Waals surface area contributed by atoms with Crippen LogP contribution in [0, 0.1) is 0 Å². The summed E-state index contributed by atoms with van der Waals surface area (Å²) in [4.78, 5) is 15.2.